The standard InChI is InChI=1S/C13H23N3O2/c1-4-13(5-2,9-17)8-15-11-7-6-10(14)12(16-11)18-3/h6-7,17H,4-5,8-9,14H2,1-3H3,(H,15,16). The molecule has 0 bridgehead atoms. The predicted octanol–water partition coefficient (Wildman–Crippen LogP) is 1.88. The minimum absolute atomic E-state index is 0.101. The monoisotopic (exact) mass is 253 g/mol. The van der Waals surface area contributed by atoms with Crippen LogP contribution in [0, 0.1) is 5.41 Å². The van der Waals surface area contributed by atoms with Crippen LogP contribution in [0.25, 0.3) is 0 Å². The molecule has 102 valence electrons. The molecule has 0 atom stereocenters. The van der Waals surface area contributed by atoms with Gasteiger partial charge in [0.05, 0.1) is 19.4 Å². The van der Waals surface area contributed by atoms with Gasteiger partial charge in [-0.2, -0.15) is 4.98 Å². The number of nitrogen functional groups attached to an aromatic ring is 1. The molecule has 0 radical (unpaired) electrons. The van der Waals surface area contributed by atoms with Crippen LogP contribution in [0.15, 0.2) is 12.1 Å². The van der Waals surface area contributed by atoms with Gasteiger partial charge in [-0.3, -0.25) is 0 Å². The summed E-state index contributed by atoms with van der Waals surface area (Å²) >= 11 is 0. The number of nitrogens with two attached hydrogens (primary N) is 1. The second-order valence-corrected chi connectivity index (χ2v) is 4.51. The van der Waals surface area contributed by atoms with Gasteiger partial charge in [0.15, 0.2) is 0 Å². The largest absolute Gasteiger partial charge is 0.479 e. The number of hydrogen-bond donors (Lipinski definition) is 3. The van der Waals surface area contributed by atoms with Crippen molar-refractivity contribution in [1.29, 1.82) is 0 Å². The molecule has 18 heavy (non-hydrogen) atoms. The Labute approximate surface area is 108 Å². The van der Waals surface area contributed by atoms with Gasteiger partial charge in [-0.25, -0.2) is 0 Å². The molecule has 1 aromatic heterocycles. The first-order chi connectivity index (χ1) is 8.60. The number of rotatable bonds is 7. The van der Waals surface area contributed by atoms with E-state index in [1.165, 1.54) is 0 Å². The molecule has 0 amide bonds. The van der Waals surface area contributed by atoms with Gasteiger partial charge in [0.25, 0.3) is 0 Å². The van der Waals surface area contributed by atoms with E-state index in [1.54, 1.807) is 13.2 Å². The minimum atomic E-state index is -0.101. The Morgan fingerprint density at radius 2 is 2.06 bits per heavy atom. The Bertz CT molecular complexity index is 370. The molecule has 5 nitrogen and oxygen atoms in total. The average Bonchev–Trinajstić information content (AvgIpc) is 2.42. The van der Waals surface area contributed by atoms with Crippen molar-refractivity contribution in [3.8, 4) is 5.88 Å². The van der Waals surface area contributed by atoms with Crippen LogP contribution in [-0.4, -0.2) is 30.4 Å². The molecule has 0 unspecified atom stereocenters. The number of nitrogens with zero attached hydrogens (tertiary/aromatic N) is 1. The minimum Gasteiger partial charge on any atom is -0.479 e. The van der Waals surface area contributed by atoms with Crippen molar-refractivity contribution in [3.05, 3.63) is 12.1 Å². The van der Waals surface area contributed by atoms with Gasteiger partial charge in [-0.15, -0.1) is 0 Å². The van der Waals surface area contributed by atoms with Crippen LogP contribution in [0.3, 0.4) is 0 Å². The molecular weight excluding hydrogens is 230 g/mol. The van der Waals surface area contributed by atoms with E-state index in [4.69, 9.17) is 10.5 Å². The van der Waals surface area contributed by atoms with Gasteiger partial charge in [0.2, 0.25) is 5.88 Å². The third-order valence-electron chi connectivity index (χ3n) is 3.56. The van der Waals surface area contributed by atoms with Crippen molar-refractivity contribution < 1.29 is 9.84 Å². The van der Waals surface area contributed by atoms with Crippen molar-refractivity contribution >= 4 is 11.5 Å². The Balaban J connectivity index is 2.73. The van der Waals surface area contributed by atoms with E-state index >= 15 is 0 Å². The Morgan fingerprint density at radius 3 is 2.56 bits per heavy atom. The van der Waals surface area contributed by atoms with Crippen molar-refractivity contribution in [2.45, 2.75) is 26.7 Å². The summed E-state index contributed by atoms with van der Waals surface area (Å²) in [4.78, 5) is 4.26. The SMILES string of the molecule is CCC(CC)(CO)CNc1ccc(N)c(OC)n1. The summed E-state index contributed by atoms with van der Waals surface area (Å²) in [5, 5.41) is 12.7. The topological polar surface area (TPSA) is 80.4 Å². The second-order valence-electron chi connectivity index (χ2n) is 4.51. The maximum atomic E-state index is 9.49. The predicted molar refractivity (Wildman–Crippen MR) is 73.8 cm³/mol. The molecule has 0 aliphatic rings. The van der Waals surface area contributed by atoms with Crippen molar-refractivity contribution in [2.75, 3.05) is 31.3 Å². The molecule has 0 aromatic carbocycles. The number of aliphatic hydroxyl groups is 1. The van der Waals surface area contributed by atoms with Gasteiger partial charge >= 0.3 is 0 Å². The van der Waals surface area contributed by atoms with Crippen molar-refractivity contribution in [1.82, 2.24) is 4.98 Å². The van der Waals surface area contributed by atoms with E-state index in [0.29, 0.717) is 23.9 Å². The average molecular weight is 253 g/mol. The van der Waals surface area contributed by atoms with Crippen LogP contribution in [0.4, 0.5) is 11.5 Å². The summed E-state index contributed by atoms with van der Waals surface area (Å²) in [6.45, 7) is 5.01. The molecule has 1 heterocycles. The molecule has 1 rings (SSSR count). The Kier molecular flexibility index (Phi) is 5.22. The van der Waals surface area contributed by atoms with Gasteiger partial charge in [-0.05, 0) is 25.0 Å². The van der Waals surface area contributed by atoms with Crippen LogP contribution in [0.2, 0.25) is 0 Å². The fourth-order valence-electron chi connectivity index (χ4n) is 1.77. The van der Waals surface area contributed by atoms with Gasteiger partial charge in [0, 0.05) is 12.0 Å². The number of pyridine rings is 1. The van der Waals surface area contributed by atoms with E-state index < -0.39 is 0 Å². The second kappa shape index (κ2) is 6.44. The number of nitrogens with one attached hydrogen (secondary N) is 1. The molecule has 0 fully saturated rings. The van der Waals surface area contributed by atoms with Gasteiger partial charge in [0.1, 0.15) is 5.82 Å². The molecule has 0 spiro atoms. The van der Waals surface area contributed by atoms with Gasteiger partial charge < -0.3 is 20.9 Å². The maximum absolute atomic E-state index is 9.49. The fraction of sp³-hybridized carbons (Fsp3) is 0.615. The van der Waals surface area contributed by atoms with Crippen LogP contribution in [0.5, 0.6) is 5.88 Å². The lowest BCUT2D eigenvalue weighted by Crippen LogP contribution is -2.32. The smallest absolute Gasteiger partial charge is 0.238 e. The number of hydrogen-bond acceptors (Lipinski definition) is 5. The molecule has 0 aliphatic heterocycles. The summed E-state index contributed by atoms with van der Waals surface area (Å²) in [6.07, 6.45) is 1.83. The fourth-order valence-corrected chi connectivity index (χ4v) is 1.77. The summed E-state index contributed by atoms with van der Waals surface area (Å²) in [7, 11) is 1.54. The third-order valence-corrected chi connectivity index (χ3v) is 3.56. The Morgan fingerprint density at radius 1 is 1.39 bits per heavy atom. The summed E-state index contributed by atoms with van der Waals surface area (Å²) in [5.41, 5.74) is 6.12. The lowest BCUT2D eigenvalue weighted by atomic mass is 9.83. The van der Waals surface area contributed by atoms with Crippen molar-refractivity contribution in [3.63, 3.8) is 0 Å². The van der Waals surface area contributed by atoms with E-state index in [0.717, 1.165) is 12.8 Å². The highest BCUT2D eigenvalue weighted by Gasteiger charge is 2.25. The first-order valence-electron chi connectivity index (χ1n) is 6.26. The highest BCUT2D eigenvalue weighted by molar-refractivity contribution is 5.53. The zero-order valence-corrected chi connectivity index (χ0v) is 11.4. The Hall–Kier alpha value is -1.49. The molecule has 5 heteroatoms. The zero-order chi connectivity index (χ0) is 13.6. The molecule has 1 aromatic rings. The molecular formula is C13H23N3O2. The summed E-state index contributed by atoms with van der Waals surface area (Å²) < 4.78 is 5.07. The van der Waals surface area contributed by atoms with E-state index in [2.05, 4.69) is 24.1 Å². The number of aliphatic hydroxyl groups excluding tert-OH is 1. The third kappa shape index (κ3) is 3.26. The molecule has 0 saturated heterocycles. The number of methoxy groups -OCH3 is 1. The normalized spacial score (nSPS) is 11.3. The number of anilines is 2. The van der Waals surface area contributed by atoms with Gasteiger partial charge in [-0.1, -0.05) is 13.8 Å². The summed E-state index contributed by atoms with van der Waals surface area (Å²) in [6, 6.07) is 3.57. The first kappa shape index (κ1) is 14.6. The van der Waals surface area contributed by atoms with Crippen LogP contribution < -0.4 is 15.8 Å². The lowest BCUT2D eigenvalue weighted by Gasteiger charge is -2.29. The number of ether oxygens (including phenoxy) is 1. The zero-order valence-electron chi connectivity index (χ0n) is 11.4. The molecule has 0 saturated carbocycles. The van der Waals surface area contributed by atoms with Crippen LogP contribution in [-0.2, 0) is 0 Å². The van der Waals surface area contributed by atoms with E-state index in [9.17, 15) is 5.11 Å². The highest BCUT2D eigenvalue weighted by Crippen LogP contribution is 2.27. The summed E-state index contributed by atoms with van der Waals surface area (Å²) in [5.74, 6) is 1.13. The van der Waals surface area contributed by atoms with Crippen LogP contribution >= 0.6 is 0 Å². The lowest BCUT2D eigenvalue weighted by molar-refractivity contribution is 0.127. The number of aromatic nitrogens is 1. The maximum Gasteiger partial charge on any atom is 0.238 e. The van der Waals surface area contributed by atoms with Crippen molar-refractivity contribution in [2.24, 2.45) is 5.41 Å². The van der Waals surface area contributed by atoms with Crippen LogP contribution in [0.1, 0.15) is 26.7 Å². The first-order valence-corrected chi connectivity index (χ1v) is 6.26. The van der Waals surface area contributed by atoms with E-state index in [1.807, 2.05) is 6.07 Å². The molecule has 4 N–H and O–H groups in total. The highest BCUT2D eigenvalue weighted by atomic mass is 16.5. The quantitative estimate of drug-likeness (QED) is 0.691. The molecule has 0 aliphatic carbocycles. The van der Waals surface area contributed by atoms with E-state index in [-0.39, 0.29) is 12.0 Å².